The smallest absolute Gasteiger partial charge is 0.136 e. The third kappa shape index (κ3) is 2.15. The van der Waals surface area contributed by atoms with Crippen LogP contribution in [-0.2, 0) is 4.74 Å². The Morgan fingerprint density at radius 1 is 1.64 bits per heavy atom. The highest BCUT2D eigenvalue weighted by atomic mass is 127. The van der Waals surface area contributed by atoms with Gasteiger partial charge in [-0.25, -0.2) is 4.98 Å². The minimum Gasteiger partial charge on any atom is -0.383 e. The Bertz CT molecular complexity index is 326. The predicted molar refractivity (Wildman–Crippen MR) is 62.9 cm³/mol. The number of nitrogen functional groups attached to an aromatic ring is 1. The summed E-state index contributed by atoms with van der Waals surface area (Å²) in [6.45, 7) is 2.39. The zero-order valence-corrected chi connectivity index (χ0v) is 9.82. The summed E-state index contributed by atoms with van der Waals surface area (Å²) in [6, 6.07) is 2.31. The first kappa shape index (κ1) is 10.1. The molecule has 5 heteroatoms. The van der Waals surface area contributed by atoms with E-state index < -0.39 is 0 Å². The molecule has 2 rings (SSSR count). The summed E-state index contributed by atoms with van der Waals surface area (Å²) in [5, 5.41) is 3.37. The molecule has 1 aromatic heterocycles. The average Bonchev–Trinajstić information content (AvgIpc) is 2.23. The van der Waals surface area contributed by atoms with Gasteiger partial charge in [0, 0.05) is 12.7 Å². The van der Waals surface area contributed by atoms with Gasteiger partial charge < -0.3 is 15.8 Å². The quantitative estimate of drug-likeness (QED) is 0.758. The number of ether oxygens (including phenoxy) is 1. The van der Waals surface area contributed by atoms with E-state index in [2.05, 4.69) is 39.0 Å². The second-order valence-electron chi connectivity index (χ2n) is 3.22. The number of halogens is 1. The van der Waals surface area contributed by atoms with Crippen LogP contribution in [0.3, 0.4) is 0 Å². The molecule has 0 aliphatic carbocycles. The third-order valence-electron chi connectivity index (χ3n) is 2.21. The van der Waals surface area contributed by atoms with Crippen molar-refractivity contribution in [2.75, 3.05) is 25.5 Å². The minimum atomic E-state index is 0.255. The first-order chi connectivity index (χ1) is 6.77. The van der Waals surface area contributed by atoms with E-state index in [0.29, 0.717) is 12.4 Å². The number of anilines is 1. The van der Waals surface area contributed by atoms with Crippen molar-refractivity contribution in [3.05, 3.63) is 21.4 Å². The largest absolute Gasteiger partial charge is 0.383 e. The molecule has 0 saturated carbocycles. The number of nitrogens with one attached hydrogen (secondary N) is 1. The van der Waals surface area contributed by atoms with Gasteiger partial charge in [0.25, 0.3) is 0 Å². The summed E-state index contributed by atoms with van der Waals surface area (Å²) in [7, 11) is 0. The number of hydrogen-bond donors (Lipinski definition) is 2. The van der Waals surface area contributed by atoms with Crippen LogP contribution in [0.1, 0.15) is 11.6 Å². The van der Waals surface area contributed by atoms with Gasteiger partial charge in [0.15, 0.2) is 0 Å². The molecule has 0 aromatic carbocycles. The highest BCUT2D eigenvalue weighted by Gasteiger charge is 2.15. The summed E-state index contributed by atoms with van der Waals surface area (Å²) >= 11 is 2.19. The lowest BCUT2D eigenvalue weighted by Gasteiger charge is -2.24. The molecule has 0 radical (unpaired) electrons. The van der Waals surface area contributed by atoms with E-state index in [1.165, 1.54) is 0 Å². The molecular weight excluding hydrogens is 293 g/mol. The van der Waals surface area contributed by atoms with Gasteiger partial charge in [-0.15, -0.1) is 0 Å². The van der Waals surface area contributed by atoms with E-state index in [0.717, 1.165) is 22.3 Å². The van der Waals surface area contributed by atoms with E-state index in [1.807, 2.05) is 6.20 Å². The Morgan fingerprint density at radius 3 is 3.14 bits per heavy atom. The summed E-state index contributed by atoms with van der Waals surface area (Å²) in [5.41, 5.74) is 6.79. The van der Waals surface area contributed by atoms with Crippen LogP contribution in [0.2, 0.25) is 0 Å². The maximum atomic E-state index is 5.65. The second kappa shape index (κ2) is 4.41. The number of pyridine rings is 1. The summed E-state index contributed by atoms with van der Waals surface area (Å²) in [5.74, 6) is 0.589. The maximum Gasteiger partial charge on any atom is 0.136 e. The SMILES string of the molecule is Nc1ncc(C2COCCN2)cc1I. The highest BCUT2D eigenvalue weighted by molar-refractivity contribution is 14.1. The van der Waals surface area contributed by atoms with Crippen LogP contribution in [0.25, 0.3) is 0 Å². The molecule has 1 atom stereocenters. The molecule has 14 heavy (non-hydrogen) atoms. The first-order valence-electron chi connectivity index (χ1n) is 4.49. The molecule has 1 aliphatic rings. The van der Waals surface area contributed by atoms with E-state index in [-0.39, 0.29) is 6.04 Å². The molecule has 1 aliphatic heterocycles. The number of nitrogens with zero attached hydrogens (tertiary/aromatic N) is 1. The zero-order chi connectivity index (χ0) is 9.97. The predicted octanol–water partition coefficient (Wildman–Crippen LogP) is 0.929. The van der Waals surface area contributed by atoms with Crippen molar-refractivity contribution in [2.24, 2.45) is 0 Å². The van der Waals surface area contributed by atoms with Gasteiger partial charge in [-0.3, -0.25) is 0 Å². The molecule has 4 nitrogen and oxygen atoms in total. The summed E-state index contributed by atoms with van der Waals surface area (Å²) in [4.78, 5) is 4.13. The third-order valence-corrected chi connectivity index (χ3v) is 3.08. The average molecular weight is 305 g/mol. The Morgan fingerprint density at radius 2 is 2.50 bits per heavy atom. The van der Waals surface area contributed by atoms with Gasteiger partial charge in [-0.1, -0.05) is 0 Å². The van der Waals surface area contributed by atoms with Crippen LogP contribution in [0.4, 0.5) is 5.82 Å². The van der Waals surface area contributed by atoms with Crippen molar-refractivity contribution >= 4 is 28.4 Å². The molecule has 3 N–H and O–H groups in total. The lowest BCUT2D eigenvalue weighted by Crippen LogP contribution is -2.34. The normalized spacial score (nSPS) is 22.2. The van der Waals surface area contributed by atoms with Gasteiger partial charge >= 0.3 is 0 Å². The monoisotopic (exact) mass is 305 g/mol. The number of aromatic nitrogens is 1. The molecule has 1 unspecified atom stereocenters. The molecule has 0 bridgehead atoms. The number of nitrogens with two attached hydrogens (primary N) is 1. The fourth-order valence-corrected chi connectivity index (χ4v) is 1.93. The van der Waals surface area contributed by atoms with Gasteiger partial charge in [-0.05, 0) is 34.2 Å². The molecule has 76 valence electrons. The van der Waals surface area contributed by atoms with E-state index in [4.69, 9.17) is 10.5 Å². The van der Waals surface area contributed by atoms with Gasteiger partial charge in [-0.2, -0.15) is 0 Å². The van der Waals surface area contributed by atoms with Crippen LogP contribution >= 0.6 is 22.6 Å². The highest BCUT2D eigenvalue weighted by Crippen LogP contribution is 2.19. The number of morpholine rings is 1. The van der Waals surface area contributed by atoms with Crippen LogP contribution < -0.4 is 11.1 Å². The van der Waals surface area contributed by atoms with E-state index >= 15 is 0 Å². The standard InChI is InChI=1S/C9H12IN3O/c10-7-3-6(4-13-9(7)11)8-5-14-2-1-12-8/h3-4,8,12H,1-2,5H2,(H2,11,13). The molecule has 1 fully saturated rings. The molecule has 1 aromatic rings. The molecule has 2 heterocycles. The van der Waals surface area contributed by atoms with Crippen LogP contribution in [0.15, 0.2) is 12.3 Å². The van der Waals surface area contributed by atoms with Gasteiger partial charge in [0.05, 0.1) is 22.8 Å². The minimum absolute atomic E-state index is 0.255. The van der Waals surface area contributed by atoms with Crippen molar-refractivity contribution in [3.8, 4) is 0 Å². The molecule has 1 saturated heterocycles. The topological polar surface area (TPSA) is 60.2 Å². The van der Waals surface area contributed by atoms with Crippen molar-refractivity contribution in [1.82, 2.24) is 10.3 Å². The Balaban J connectivity index is 2.18. The number of hydrogen-bond acceptors (Lipinski definition) is 4. The van der Waals surface area contributed by atoms with Crippen LogP contribution in [0, 0.1) is 3.57 Å². The van der Waals surface area contributed by atoms with Gasteiger partial charge in [0.1, 0.15) is 5.82 Å². The molecule has 0 amide bonds. The maximum absolute atomic E-state index is 5.65. The fraction of sp³-hybridized carbons (Fsp3) is 0.444. The Hall–Kier alpha value is -0.400. The second-order valence-corrected chi connectivity index (χ2v) is 4.38. The summed E-state index contributed by atoms with van der Waals surface area (Å²) < 4.78 is 6.38. The van der Waals surface area contributed by atoms with Crippen molar-refractivity contribution in [1.29, 1.82) is 0 Å². The van der Waals surface area contributed by atoms with Crippen LogP contribution in [0.5, 0.6) is 0 Å². The lowest BCUT2D eigenvalue weighted by molar-refractivity contribution is 0.0767. The van der Waals surface area contributed by atoms with Crippen molar-refractivity contribution < 1.29 is 4.74 Å². The van der Waals surface area contributed by atoms with E-state index in [1.54, 1.807) is 0 Å². The molecule has 0 spiro atoms. The fourth-order valence-electron chi connectivity index (χ4n) is 1.43. The Kier molecular flexibility index (Phi) is 3.19. The first-order valence-corrected chi connectivity index (χ1v) is 5.57. The van der Waals surface area contributed by atoms with E-state index in [9.17, 15) is 0 Å². The van der Waals surface area contributed by atoms with Crippen molar-refractivity contribution in [3.63, 3.8) is 0 Å². The Labute approximate surface area is 96.4 Å². The molecular formula is C9H12IN3O. The van der Waals surface area contributed by atoms with Gasteiger partial charge in [0.2, 0.25) is 0 Å². The summed E-state index contributed by atoms with van der Waals surface area (Å²) in [6.07, 6.45) is 1.81. The lowest BCUT2D eigenvalue weighted by atomic mass is 10.1. The van der Waals surface area contributed by atoms with Crippen LogP contribution in [-0.4, -0.2) is 24.7 Å². The zero-order valence-electron chi connectivity index (χ0n) is 7.66. The van der Waals surface area contributed by atoms with Crippen molar-refractivity contribution in [2.45, 2.75) is 6.04 Å². The number of rotatable bonds is 1.